The first-order valence-corrected chi connectivity index (χ1v) is 6.19. The van der Waals surface area contributed by atoms with Crippen LogP contribution in [-0.2, 0) is 6.42 Å². The van der Waals surface area contributed by atoms with Gasteiger partial charge in [0.2, 0.25) is 0 Å². The Bertz CT molecular complexity index is 539. The van der Waals surface area contributed by atoms with E-state index in [4.69, 9.17) is 0 Å². The van der Waals surface area contributed by atoms with Crippen molar-refractivity contribution in [1.29, 1.82) is 0 Å². The summed E-state index contributed by atoms with van der Waals surface area (Å²) in [6, 6.07) is 20.7. The Labute approximate surface area is 109 Å². The summed E-state index contributed by atoms with van der Waals surface area (Å²) in [6.07, 6.45) is 5.88. The maximum absolute atomic E-state index is 3.17. The van der Waals surface area contributed by atoms with E-state index in [2.05, 4.69) is 48.2 Å². The molecule has 2 aromatic rings. The molecule has 0 saturated heterocycles. The van der Waals surface area contributed by atoms with Crippen molar-refractivity contribution in [2.45, 2.75) is 12.8 Å². The van der Waals surface area contributed by atoms with E-state index < -0.39 is 0 Å². The van der Waals surface area contributed by atoms with Crippen LogP contribution >= 0.6 is 0 Å². The lowest BCUT2D eigenvalue weighted by Gasteiger charge is -1.94. The Kier molecular flexibility index (Phi) is 4.84. The van der Waals surface area contributed by atoms with Gasteiger partial charge >= 0.3 is 0 Å². The topological polar surface area (TPSA) is 0 Å². The highest BCUT2D eigenvalue weighted by Crippen LogP contribution is 2.02. The molecule has 0 saturated carbocycles. The molecule has 0 spiro atoms. The lowest BCUT2D eigenvalue weighted by Crippen LogP contribution is -1.81. The van der Waals surface area contributed by atoms with Gasteiger partial charge in [0.15, 0.2) is 0 Å². The van der Waals surface area contributed by atoms with Gasteiger partial charge < -0.3 is 0 Å². The molecule has 18 heavy (non-hydrogen) atoms. The van der Waals surface area contributed by atoms with Crippen molar-refractivity contribution >= 4 is 6.08 Å². The SMILES string of the molecule is C(#CCCc1ccccc1)/C=C/c1ccccc1. The fraction of sp³-hybridized carbons (Fsp3) is 0.111. The second-order valence-electron chi connectivity index (χ2n) is 4.05. The molecule has 88 valence electrons. The highest BCUT2D eigenvalue weighted by Gasteiger charge is 1.87. The van der Waals surface area contributed by atoms with Crippen LogP contribution in [0.15, 0.2) is 66.7 Å². The van der Waals surface area contributed by atoms with Gasteiger partial charge in [0.05, 0.1) is 0 Å². The summed E-state index contributed by atoms with van der Waals surface area (Å²) in [5.41, 5.74) is 2.54. The molecule has 0 aliphatic carbocycles. The van der Waals surface area contributed by atoms with Crippen molar-refractivity contribution in [2.24, 2.45) is 0 Å². The standard InChI is InChI=1S/C18H16/c1(5-11-17-13-7-3-8-14-17)2-6-12-18-15-9-4-10-16-18/h3-5,7-11,13-16H,6,12H2/b11-5+. The molecule has 0 radical (unpaired) electrons. The second kappa shape index (κ2) is 7.14. The molecule has 0 aliphatic heterocycles. The Morgan fingerprint density at radius 2 is 1.50 bits per heavy atom. The van der Waals surface area contributed by atoms with Gasteiger partial charge in [-0.1, -0.05) is 72.5 Å². The van der Waals surface area contributed by atoms with Crippen LogP contribution in [0.4, 0.5) is 0 Å². The van der Waals surface area contributed by atoms with Crippen LogP contribution in [-0.4, -0.2) is 0 Å². The van der Waals surface area contributed by atoms with E-state index in [-0.39, 0.29) is 0 Å². The van der Waals surface area contributed by atoms with Crippen LogP contribution in [0.5, 0.6) is 0 Å². The Hall–Kier alpha value is -2.26. The van der Waals surface area contributed by atoms with Gasteiger partial charge in [0.25, 0.3) is 0 Å². The normalized spacial score (nSPS) is 10.0. The van der Waals surface area contributed by atoms with Gasteiger partial charge in [-0.15, -0.1) is 0 Å². The highest BCUT2D eigenvalue weighted by molar-refractivity contribution is 5.52. The first-order valence-electron chi connectivity index (χ1n) is 6.19. The van der Waals surface area contributed by atoms with Crippen LogP contribution in [0.25, 0.3) is 6.08 Å². The van der Waals surface area contributed by atoms with Gasteiger partial charge in [-0.25, -0.2) is 0 Å². The van der Waals surface area contributed by atoms with Crippen molar-refractivity contribution in [3.05, 3.63) is 77.9 Å². The lowest BCUT2D eigenvalue weighted by atomic mass is 10.1. The summed E-state index contributed by atoms with van der Waals surface area (Å²) in [6.45, 7) is 0. The van der Waals surface area contributed by atoms with E-state index in [9.17, 15) is 0 Å². The van der Waals surface area contributed by atoms with E-state index in [1.807, 2.05) is 36.4 Å². The molecule has 0 heteroatoms. The minimum absolute atomic E-state index is 0.906. The zero-order valence-electron chi connectivity index (χ0n) is 10.3. The number of aryl methyl sites for hydroxylation is 1. The van der Waals surface area contributed by atoms with Crippen LogP contribution in [0.2, 0.25) is 0 Å². The first kappa shape index (κ1) is 12.2. The van der Waals surface area contributed by atoms with Gasteiger partial charge in [0.1, 0.15) is 0 Å². The van der Waals surface area contributed by atoms with Crippen molar-refractivity contribution in [1.82, 2.24) is 0 Å². The molecular formula is C18H16. The Morgan fingerprint density at radius 1 is 0.833 bits per heavy atom. The zero-order valence-corrected chi connectivity index (χ0v) is 10.3. The molecule has 0 N–H and O–H groups in total. The van der Waals surface area contributed by atoms with E-state index in [1.54, 1.807) is 0 Å². The minimum atomic E-state index is 0.906. The smallest absolute Gasteiger partial charge is 0.0133 e. The number of rotatable bonds is 3. The fourth-order valence-corrected chi connectivity index (χ4v) is 1.68. The monoisotopic (exact) mass is 232 g/mol. The molecule has 0 nitrogen and oxygen atoms in total. The zero-order chi connectivity index (χ0) is 12.5. The minimum Gasteiger partial charge on any atom is -0.0982 e. The molecule has 0 amide bonds. The third-order valence-electron chi connectivity index (χ3n) is 2.64. The molecule has 0 fully saturated rings. The van der Waals surface area contributed by atoms with E-state index >= 15 is 0 Å². The molecule has 0 unspecified atom stereocenters. The Morgan fingerprint density at radius 3 is 2.22 bits per heavy atom. The van der Waals surface area contributed by atoms with Gasteiger partial charge in [-0.05, 0) is 29.7 Å². The summed E-state index contributed by atoms with van der Waals surface area (Å²) >= 11 is 0. The summed E-state index contributed by atoms with van der Waals surface area (Å²) < 4.78 is 0. The molecule has 0 aliphatic rings. The van der Waals surface area contributed by atoms with Gasteiger partial charge in [-0.2, -0.15) is 0 Å². The average molecular weight is 232 g/mol. The third kappa shape index (κ3) is 4.31. The van der Waals surface area contributed by atoms with E-state index in [0.717, 1.165) is 12.8 Å². The van der Waals surface area contributed by atoms with Crippen LogP contribution in [0, 0.1) is 11.8 Å². The van der Waals surface area contributed by atoms with Crippen molar-refractivity contribution in [3.8, 4) is 11.8 Å². The molecule has 2 rings (SSSR count). The second-order valence-corrected chi connectivity index (χ2v) is 4.05. The van der Waals surface area contributed by atoms with E-state index in [1.165, 1.54) is 11.1 Å². The number of hydrogen-bond donors (Lipinski definition) is 0. The lowest BCUT2D eigenvalue weighted by molar-refractivity contribution is 1.03. The van der Waals surface area contributed by atoms with Crippen molar-refractivity contribution in [2.75, 3.05) is 0 Å². The van der Waals surface area contributed by atoms with Gasteiger partial charge in [-0.3, -0.25) is 0 Å². The largest absolute Gasteiger partial charge is 0.0982 e. The number of benzene rings is 2. The molecule has 0 bridgehead atoms. The molecule has 2 aromatic carbocycles. The van der Waals surface area contributed by atoms with Crippen LogP contribution in [0.1, 0.15) is 17.5 Å². The van der Waals surface area contributed by atoms with E-state index in [0.29, 0.717) is 0 Å². The third-order valence-corrected chi connectivity index (χ3v) is 2.64. The maximum atomic E-state index is 3.17. The first-order chi connectivity index (χ1) is 8.95. The fourth-order valence-electron chi connectivity index (χ4n) is 1.68. The molecule has 0 aromatic heterocycles. The predicted octanol–water partition coefficient (Wildman–Crippen LogP) is 4.34. The van der Waals surface area contributed by atoms with Gasteiger partial charge in [0, 0.05) is 6.42 Å². The van der Waals surface area contributed by atoms with Crippen molar-refractivity contribution in [3.63, 3.8) is 0 Å². The van der Waals surface area contributed by atoms with Crippen LogP contribution in [0.3, 0.4) is 0 Å². The molecule has 0 atom stereocenters. The summed E-state index contributed by atoms with van der Waals surface area (Å²) in [4.78, 5) is 0. The average Bonchev–Trinajstić information content (AvgIpc) is 2.45. The summed E-state index contributed by atoms with van der Waals surface area (Å²) in [7, 11) is 0. The highest BCUT2D eigenvalue weighted by atomic mass is 13.9. The Balaban J connectivity index is 1.78. The predicted molar refractivity (Wildman–Crippen MR) is 78.0 cm³/mol. The maximum Gasteiger partial charge on any atom is 0.0133 e. The quantitative estimate of drug-likeness (QED) is 0.691. The number of hydrogen-bond acceptors (Lipinski definition) is 0. The molecule has 0 heterocycles. The molecular weight excluding hydrogens is 216 g/mol. The summed E-state index contributed by atoms with van der Waals surface area (Å²) in [5.74, 6) is 6.24. The van der Waals surface area contributed by atoms with Crippen molar-refractivity contribution < 1.29 is 0 Å². The van der Waals surface area contributed by atoms with Crippen LogP contribution < -0.4 is 0 Å². The number of allylic oxidation sites excluding steroid dienone is 1. The summed E-state index contributed by atoms with van der Waals surface area (Å²) in [5, 5.41) is 0.